The Morgan fingerprint density at radius 1 is 1.55 bits per heavy atom. The molecule has 3 nitrogen and oxygen atoms in total. The van der Waals surface area contributed by atoms with Crippen LogP contribution in [-0.2, 0) is 9.53 Å². The van der Waals surface area contributed by atoms with Gasteiger partial charge in [-0.25, -0.2) is 0 Å². The fourth-order valence-corrected chi connectivity index (χ4v) is 3.78. The lowest BCUT2D eigenvalue weighted by Crippen LogP contribution is -2.45. The van der Waals surface area contributed by atoms with Crippen LogP contribution in [0.4, 0.5) is 0 Å². The van der Waals surface area contributed by atoms with Crippen LogP contribution < -0.4 is 0 Å². The van der Waals surface area contributed by atoms with Gasteiger partial charge in [-0.2, -0.15) is 0 Å². The summed E-state index contributed by atoms with van der Waals surface area (Å²) in [4.78, 5) is 11.4. The van der Waals surface area contributed by atoms with Crippen LogP contribution >= 0.6 is 0 Å². The maximum absolute atomic E-state index is 11.4. The van der Waals surface area contributed by atoms with Gasteiger partial charge in [-0.3, -0.25) is 4.79 Å². The molecule has 5 atom stereocenters. The maximum Gasteiger partial charge on any atom is 0.302 e. The van der Waals surface area contributed by atoms with Gasteiger partial charge in [-0.15, -0.1) is 0 Å². The molecule has 112 valence electrons. The van der Waals surface area contributed by atoms with Gasteiger partial charge >= 0.3 is 5.97 Å². The Bertz CT molecular complexity index is 434. The molecule has 2 aliphatic carbocycles. The normalized spacial score (nSPS) is 40.0. The Hall–Kier alpha value is -1.09. The van der Waals surface area contributed by atoms with Gasteiger partial charge in [0.1, 0.15) is 6.10 Å². The van der Waals surface area contributed by atoms with Gasteiger partial charge in [0.05, 0.1) is 5.60 Å². The first-order chi connectivity index (χ1) is 9.34. The third kappa shape index (κ3) is 3.14. The van der Waals surface area contributed by atoms with Crippen molar-refractivity contribution in [2.45, 2.75) is 58.7 Å². The van der Waals surface area contributed by atoms with Gasteiger partial charge in [0, 0.05) is 19.3 Å². The Balaban J connectivity index is 2.37. The second-order valence-electron chi connectivity index (χ2n) is 6.55. The first kappa shape index (κ1) is 15.3. The van der Waals surface area contributed by atoms with Crippen molar-refractivity contribution in [3.05, 3.63) is 23.8 Å². The van der Waals surface area contributed by atoms with Crippen LogP contribution in [0.25, 0.3) is 0 Å². The Kier molecular flexibility index (Phi) is 4.38. The molecule has 0 heterocycles. The van der Waals surface area contributed by atoms with E-state index in [4.69, 9.17) is 4.74 Å². The van der Waals surface area contributed by atoms with E-state index >= 15 is 0 Å². The number of esters is 1. The van der Waals surface area contributed by atoms with Gasteiger partial charge in [0.2, 0.25) is 0 Å². The average molecular weight is 278 g/mol. The highest BCUT2D eigenvalue weighted by Gasteiger charge is 2.44. The summed E-state index contributed by atoms with van der Waals surface area (Å²) in [6.45, 7) is 7.65. The van der Waals surface area contributed by atoms with Crippen molar-refractivity contribution < 1.29 is 14.6 Å². The molecule has 0 fully saturated rings. The number of hydrogen-bond donors (Lipinski definition) is 1. The molecule has 0 bridgehead atoms. The molecule has 0 saturated carbocycles. The van der Waals surface area contributed by atoms with E-state index in [1.54, 1.807) is 6.92 Å². The summed E-state index contributed by atoms with van der Waals surface area (Å²) in [7, 11) is 0. The minimum atomic E-state index is -0.895. The van der Waals surface area contributed by atoms with E-state index in [1.807, 2.05) is 6.08 Å². The third-order valence-electron chi connectivity index (χ3n) is 4.55. The molecule has 0 amide bonds. The zero-order valence-corrected chi connectivity index (χ0v) is 12.9. The third-order valence-corrected chi connectivity index (χ3v) is 4.55. The summed E-state index contributed by atoms with van der Waals surface area (Å²) in [6.07, 6.45) is 8.78. The van der Waals surface area contributed by atoms with Crippen molar-refractivity contribution in [3.8, 4) is 0 Å². The average Bonchev–Trinajstić information content (AvgIpc) is 2.31. The van der Waals surface area contributed by atoms with Crippen LogP contribution in [0.2, 0.25) is 0 Å². The molecule has 0 spiro atoms. The molecule has 0 saturated heterocycles. The van der Waals surface area contributed by atoms with Crippen molar-refractivity contribution in [1.82, 2.24) is 0 Å². The number of fused-ring (bicyclic) bond motifs is 1. The van der Waals surface area contributed by atoms with Crippen LogP contribution in [-0.4, -0.2) is 22.8 Å². The number of allylic oxidation sites excluding steroid dienone is 2. The van der Waals surface area contributed by atoms with E-state index in [0.717, 1.165) is 18.4 Å². The summed E-state index contributed by atoms with van der Waals surface area (Å²) in [5.41, 5.74) is 0.234. The van der Waals surface area contributed by atoms with Crippen molar-refractivity contribution in [2.75, 3.05) is 0 Å². The Labute approximate surface area is 121 Å². The summed E-state index contributed by atoms with van der Waals surface area (Å²) in [5.74, 6) is 0.929. The van der Waals surface area contributed by atoms with E-state index in [-0.39, 0.29) is 18.0 Å². The maximum atomic E-state index is 11.4. The first-order valence-corrected chi connectivity index (χ1v) is 7.64. The molecule has 0 aliphatic heterocycles. The van der Waals surface area contributed by atoms with E-state index in [1.165, 1.54) is 6.92 Å². The van der Waals surface area contributed by atoms with Gasteiger partial charge in [-0.1, -0.05) is 32.4 Å². The molecule has 2 aliphatic rings. The zero-order valence-electron chi connectivity index (χ0n) is 12.9. The first-order valence-electron chi connectivity index (χ1n) is 7.64. The van der Waals surface area contributed by atoms with Gasteiger partial charge < -0.3 is 9.84 Å². The molecule has 2 rings (SSSR count). The highest BCUT2D eigenvalue weighted by molar-refractivity contribution is 5.66. The molecule has 20 heavy (non-hydrogen) atoms. The molecular weight excluding hydrogens is 252 g/mol. The second-order valence-corrected chi connectivity index (χ2v) is 6.55. The zero-order chi connectivity index (χ0) is 14.9. The standard InChI is InChI=1S/C17H26O3/c1-5-6-14-11(2)7-8-13-9-17(4,19)10-15(16(13)14)20-12(3)18/h7-9,11,14-16,19H,5-6,10H2,1-4H3. The highest BCUT2D eigenvalue weighted by atomic mass is 16.5. The summed E-state index contributed by atoms with van der Waals surface area (Å²) in [6, 6.07) is 0. The van der Waals surface area contributed by atoms with Gasteiger partial charge in [0.15, 0.2) is 0 Å². The van der Waals surface area contributed by atoms with Crippen LogP contribution in [0, 0.1) is 17.8 Å². The van der Waals surface area contributed by atoms with E-state index in [9.17, 15) is 9.90 Å². The van der Waals surface area contributed by atoms with Gasteiger partial charge in [-0.05, 0) is 36.8 Å². The monoisotopic (exact) mass is 278 g/mol. The highest BCUT2D eigenvalue weighted by Crippen LogP contribution is 2.45. The van der Waals surface area contributed by atoms with Crippen molar-refractivity contribution in [1.29, 1.82) is 0 Å². The van der Waals surface area contributed by atoms with Crippen LogP contribution in [0.15, 0.2) is 23.8 Å². The fourth-order valence-electron chi connectivity index (χ4n) is 3.78. The molecule has 5 unspecified atom stereocenters. The Morgan fingerprint density at radius 2 is 2.25 bits per heavy atom. The summed E-state index contributed by atoms with van der Waals surface area (Å²) >= 11 is 0. The lowest BCUT2D eigenvalue weighted by atomic mass is 9.65. The lowest BCUT2D eigenvalue weighted by molar-refractivity contribution is -0.153. The SMILES string of the molecule is CCCC1C(C)C=CC2=CC(C)(O)CC(OC(C)=O)C21. The minimum Gasteiger partial charge on any atom is -0.462 e. The quantitative estimate of drug-likeness (QED) is 0.806. The van der Waals surface area contributed by atoms with E-state index in [0.29, 0.717) is 18.3 Å². The predicted octanol–water partition coefficient (Wildman–Crippen LogP) is 3.24. The summed E-state index contributed by atoms with van der Waals surface area (Å²) < 4.78 is 5.55. The topological polar surface area (TPSA) is 46.5 Å². The second kappa shape index (κ2) is 5.72. The number of ether oxygens (including phenoxy) is 1. The molecule has 0 aromatic carbocycles. The van der Waals surface area contributed by atoms with Crippen LogP contribution in [0.1, 0.15) is 47.0 Å². The van der Waals surface area contributed by atoms with Crippen molar-refractivity contribution in [3.63, 3.8) is 0 Å². The molecule has 0 aromatic rings. The molecule has 0 aromatic heterocycles. The van der Waals surface area contributed by atoms with Crippen LogP contribution in [0.3, 0.4) is 0 Å². The molecular formula is C17H26O3. The lowest BCUT2D eigenvalue weighted by Gasteiger charge is -2.44. The molecule has 1 N–H and O–H groups in total. The van der Waals surface area contributed by atoms with E-state index in [2.05, 4.69) is 26.0 Å². The molecule has 3 heteroatoms. The van der Waals surface area contributed by atoms with E-state index < -0.39 is 5.60 Å². The number of hydrogen-bond acceptors (Lipinski definition) is 3. The van der Waals surface area contributed by atoms with Crippen LogP contribution in [0.5, 0.6) is 0 Å². The summed E-state index contributed by atoms with van der Waals surface area (Å²) in [5, 5.41) is 10.4. The fraction of sp³-hybridized carbons (Fsp3) is 0.706. The minimum absolute atomic E-state index is 0.216. The smallest absolute Gasteiger partial charge is 0.302 e. The number of carbonyl (C=O) groups excluding carboxylic acids is 1. The predicted molar refractivity (Wildman–Crippen MR) is 79.1 cm³/mol. The number of carbonyl (C=O) groups is 1. The van der Waals surface area contributed by atoms with Crippen molar-refractivity contribution in [2.24, 2.45) is 17.8 Å². The molecule has 0 radical (unpaired) electrons. The van der Waals surface area contributed by atoms with Gasteiger partial charge in [0.25, 0.3) is 0 Å². The number of rotatable bonds is 3. The number of aliphatic hydroxyl groups is 1. The largest absolute Gasteiger partial charge is 0.462 e. The Morgan fingerprint density at radius 3 is 2.85 bits per heavy atom. The van der Waals surface area contributed by atoms with Crippen molar-refractivity contribution >= 4 is 5.97 Å².